The maximum absolute atomic E-state index is 12.0. The Morgan fingerprint density at radius 2 is 2.33 bits per heavy atom. The van der Waals surface area contributed by atoms with Gasteiger partial charge in [0.25, 0.3) is 0 Å². The Labute approximate surface area is 107 Å². The number of nitrogens with one attached hydrogen (secondary N) is 2. The van der Waals surface area contributed by atoms with Crippen molar-refractivity contribution >= 4 is 5.91 Å². The summed E-state index contributed by atoms with van der Waals surface area (Å²) in [5.74, 6) is 0.833. The van der Waals surface area contributed by atoms with Gasteiger partial charge < -0.3 is 15.4 Å². The van der Waals surface area contributed by atoms with Gasteiger partial charge in [-0.3, -0.25) is 4.79 Å². The molecule has 2 N–H and O–H groups in total. The molecule has 1 saturated heterocycles. The lowest BCUT2D eigenvalue weighted by Gasteiger charge is -2.21. The molecule has 0 bridgehead atoms. The van der Waals surface area contributed by atoms with E-state index in [-0.39, 0.29) is 11.8 Å². The van der Waals surface area contributed by atoms with E-state index in [1.54, 1.807) is 13.3 Å². The number of rotatable bonds is 4. The fraction of sp³-hybridized carbons (Fsp3) is 0.538. The highest BCUT2D eigenvalue weighted by atomic mass is 16.5. The summed E-state index contributed by atoms with van der Waals surface area (Å²) in [6, 6.07) is 3.75. The van der Waals surface area contributed by atoms with E-state index in [2.05, 4.69) is 15.6 Å². The van der Waals surface area contributed by atoms with Gasteiger partial charge in [0.15, 0.2) is 0 Å². The van der Waals surface area contributed by atoms with Gasteiger partial charge in [0.2, 0.25) is 11.8 Å². The Hall–Kier alpha value is -1.62. The van der Waals surface area contributed by atoms with Crippen molar-refractivity contribution in [2.75, 3.05) is 20.2 Å². The lowest BCUT2D eigenvalue weighted by atomic mass is 9.97. The minimum Gasteiger partial charge on any atom is -0.481 e. The molecule has 0 atom stereocenters. The van der Waals surface area contributed by atoms with Gasteiger partial charge >= 0.3 is 0 Å². The molecule has 2 rings (SSSR count). The first-order valence-electron chi connectivity index (χ1n) is 6.27. The van der Waals surface area contributed by atoms with Crippen LogP contribution in [0.15, 0.2) is 18.3 Å². The maximum Gasteiger partial charge on any atom is 0.223 e. The lowest BCUT2D eigenvalue weighted by molar-refractivity contribution is -0.125. The SMILES string of the molecule is COc1ncccc1CNC(=O)C1CCNCC1. The Kier molecular flexibility index (Phi) is 4.52. The third kappa shape index (κ3) is 3.20. The fourth-order valence-electron chi connectivity index (χ4n) is 2.15. The van der Waals surface area contributed by atoms with Crippen LogP contribution in [0.3, 0.4) is 0 Å². The highest BCUT2D eigenvalue weighted by Crippen LogP contribution is 2.15. The van der Waals surface area contributed by atoms with E-state index in [0.717, 1.165) is 31.5 Å². The maximum atomic E-state index is 12.0. The molecule has 0 spiro atoms. The number of carbonyl (C=O) groups is 1. The number of carbonyl (C=O) groups excluding carboxylic acids is 1. The summed E-state index contributed by atoms with van der Waals surface area (Å²) in [6.45, 7) is 2.32. The summed E-state index contributed by atoms with van der Waals surface area (Å²) < 4.78 is 5.15. The molecular weight excluding hydrogens is 230 g/mol. The highest BCUT2D eigenvalue weighted by Gasteiger charge is 2.20. The van der Waals surface area contributed by atoms with E-state index in [1.807, 2.05) is 12.1 Å². The monoisotopic (exact) mass is 249 g/mol. The molecule has 0 aliphatic carbocycles. The molecule has 1 amide bonds. The Bertz CT molecular complexity index is 403. The summed E-state index contributed by atoms with van der Waals surface area (Å²) in [4.78, 5) is 16.1. The van der Waals surface area contributed by atoms with Gasteiger partial charge in [0.1, 0.15) is 0 Å². The van der Waals surface area contributed by atoms with Crippen LogP contribution in [-0.2, 0) is 11.3 Å². The smallest absolute Gasteiger partial charge is 0.223 e. The molecule has 0 unspecified atom stereocenters. The second kappa shape index (κ2) is 6.35. The lowest BCUT2D eigenvalue weighted by Crippen LogP contribution is -2.37. The second-order valence-electron chi connectivity index (χ2n) is 4.41. The minimum absolute atomic E-state index is 0.127. The number of hydrogen-bond acceptors (Lipinski definition) is 4. The highest BCUT2D eigenvalue weighted by molar-refractivity contribution is 5.78. The average molecular weight is 249 g/mol. The molecule has 5 nitrogen and oxygen atoms in total. The van der Waals surface area contributed by atoms with Crippen LogP contribution in [0.5, 0.6) is 5.88 Å². The van der Waals surface area contributed by atoms with Crippen molar-refractivity contribution in [3.8, 4) is 5.88 Å². The van der Waals surface area contributed by atoms with Gasteiger partial charge in [-0.1, -0.05) is 6.07 Å². The second-order valence-corrected chi connectivity index (χ2v) is 4.41. The molecular formula is C13H19N3O2. The number of ether oxygens (including phenoxy) is 1. The number of amides is 1. The van der Waals surface area contributed by atoms with E-state index in [4.69, 9.17) is 4.74 Å². The molecule has 1 aromatic rings. The standard InChI is InChI=1S/C13H19N3O2/c1-18-13-11(3-2-6-15-13)9-16-12(17)10-4-7-14-8-5-10/h2-3,6,10,14H,4-5,7-9H2,1H3,(H,16,17). The molecule has 0 saturated carbocycles. The van der Waals surface area contributed by atoms with Crippen LogP contribution in [0.1, 0.15) is 18.4 Å². The molecule has 18 heavy (non-hydrogen) atoms. The van der Waals surface area contributed by atoms with Crippen LogP contribution in [0, 0.1) is 5.92 Å². The van der Waals surface area contributed by atoms with E-state index < -0.39 is 0 Å². The number of pyridine rings is 1. The summed E-state index contributed by atoms with van der Waals surface area (Å²) in [7, 11) is 1.58. The van der Waals surface area contributed by atoms with E-state index in [9.17, 15) is 4.79 Å². The van der Waals surface area contributed by atoms with E-state index in [1.165, 1.54) is 0 Å². The largest absolute Gasteiger partial charge is 0.481 e. The van der Waals surface area contributed by atoms with E-state index in [0.29, 0.717) is 12.4 Å². The van der Waals surface area contributed by atoms with Gasteiger partial charge in [-0.05, 0) is 32.0 Å². The van der Waals surface area contributed by atoms with Crippen LogP contribution in [-0.4, -0.2) is 31.1 Å². The van der Waals surface area contributed by atoms with Crippen molar-refractivity contribution in [2.24, 2.45) is 5.92 Å². The number of aromatic nitrogens is 1. The van der Waals surface area contributed by atoms with Crippen molar-refractivity contribution < 1.29 is 9.53 Å². The molecule has 1 aromatic heterocycles. The summed E-state index contributed by atoms with van der Waals surface area (Å²) in [5.41, 5.74) is 0.905. The summed E-state index contributed by atoms with van der Waals surface area (Å²) in [6.07, 6.45) is 3.50. The predicted molar refractivity (Wildman–Crippen MR) is 68.2 cm³/mol. The molecule has 1 fully saturated rings. The van der Waals surface area contributed by atoms with Gasteiger partial charge in [-0.2, -0.15) is 0 Å². The zero-order valence-corrected chi connectivity index (χ0v) is 10.6. The normalized spacial score (nSPS) is 16.3. The number of methoxy groups -OCH3 is 1. The van der Waals surface area contributed by atoms with Crippen LogP contribution in [0.2, 0.25) is 0 Å². The zero-order valence-electron chi connectivity index (χ0n) is 10.6. The first kappa shape index (κ1) is 12.8. The topological polar surface area (TPSA) is 63.2 Å². The molecule has 0 radical (unpaired) electrons. The number of piperidine rings is 1. The average Bonchev–Trinajstić information content (AvgIpc) is 2.46. The predicted octanol–water partition coefficient (Wildman–Crippen LogP) is 0.706. The van der Waals surface area contributed by atoms with Crippen molar-refractivity contribution in [3.63, 3.8) is 0 Å². The molecule has 2 heterocycles. The first-order valence-corrected chi connectivity index (χ1v) is 6.27. The van der Waals surface area contributed by atoms with Crippen LogP contribution >= 0.6 is 0 Å². The van der Waals surface area contributed by atoms with Crippen molar-refractivity contribution in [3.05, 3.63) is 23.9 Å². The Morgan fingerprint density at radius 1 is 1.56 bits per heavy atom. The Morgan fingerprint density at radius 3 is 3.06 bits per heavy atom. The summed E-state index contributed by atoms with van der Waals surface area (Å²) in [5, 5.41) is 6.21. The quantitative estimate of drug-likeness (QED) is 0.825. The minimum atomic E-state index is 0.127. The number of hydrogen-bond donors (Lipinski definition) is 2. The molecule has 0 aromatic carbocycles. The zero-order chi connectivity index (χ0) is 12.8. The van der Waals surface area contributed by atoms with Crippen LogP contribution in [0.4, 0.5) is 0 Å². The third-order valence-corrected chi connectivity index (χ3v) is 3.21. The van der Waals surface area contributed by atoms with Crippen molar-refractivity contribution in [1.82, 2.24) is 15.6 Å². The molecule has 5 heteroatoms. The first-order chi connectivity index (χ1) is 8.81. The Balaban J connectivity index is 1.88. The van der Waals surface area contributed by atoms with E-state index >= 15 is 0 Å². The van der Waals surface area contributed by atoms with Gasteiger partial charge in [0.05, 0.1) is 7.11 Å². The van der Waals surface area contributed by atoms with Crippen LogP contribution < -0.4 is 15.4 Å². The summed E-state index contributed by atoms with van der Waals surface area (Å²) >= 11 is 0. The molecule has 1 aliphatic rings. The van der Waals surface area contributed by atoms with Crippen LogP contribution in [0.25, 0.3) is 0 Å². The molecule has 98 valence electrons. The van der Waals surface area contributed by atoms with Crippen molar-refractivity contribution in [1.29, 1.82) is 0 Å². The molecule has 1 aliphatic heterocycles. The number of nitrogens with zero attached hydrogens (tertiary/aromatic N) is 1. The van der Waals surface area contributed by atoms with Gasteiger partial charge in [-0.15, -0.1) is 0 Å². The third-order valence-electron chi connectivity index (χ3n) is 3.21. The van der Waals surface area contributed by atoms with Crippen molar-refractivity contribution in [2.45, 2.75) is 19.4 Å². The van der Waals surface area contributed by atoms with Gasteiger partial charge in [-0.25, -0.2) is 4.98 Å². The van der Waals surface area contributed by atoms with Gasteiger partial charge in [0, 0.05) is 24.2 Å². The fourth-order valence-corrected chi connectivity index (χ4v) is 2.15.